The number of rotatable bonds is 6. The SMILES string of the molecule is Cc1ccc(C(=O)NC(C)c2ccc(F)cc2)cc1S(=O)(=O)Nc1ccccc1. The van der Waals surface area contributed by atoms with Crippen molar-refractivity contribution in [2.45, 2.75) is 24.8 Å². The Morgan fingerprint density at radius 1 is 0.966 bits per heavy atom. The highest BCUT2D eigenvalue weighted by atomic mass is 32.2. The van der Waals surface area contributed by atoms with Gasteiger partial charge in [0.05, 0.1) is 10.9 Å². The molecule has 29 heavy (non-hydrogen) atoms. The first kappa shape index (κ1) is 20.5. The summed E-state index contributed by atoms with van der Waals surface area (Å²) in [6, 6.07) is 18.5. The van der Waals surface area contributed by atoms with E-state index in [-0.39, 0.29) is 22.3 Å². The molecule has 3 aromatic rings. The zero-order valence-electron chi connectivity index (χ0n) is 16.0. The van der Waals surface area contributed by atoms with Crippen molar-refractivity contribution in [3.05, 3.63) is 95.3 Å². The van der Waals surface area contributed by atoms with E-state index in [0.29, 0.717) is 11.3 Å². The number of carbonyl (C=O) groups is 1. The number of aryl methyl sites for hydroxylation is 1. The van der Waals surface area contributed by atoms with E-state index in [1.54, 1.807) is 68.4 Å². The second-order valence-electron chi connectivity index (χ2n) is 6.70. The third-order valence-corrected chi connectivity index (χ3v) is 6.01. The number of halogens is 1. The minimum Gasteiger partial charge on any atom is -0.346 e. The van der Waals surface area contributed by atoms with Crippen molar-refractivity contribution in [2.24, 2.45) is 0 Å². The van der Waals surface area contributed by atoms with Crippen molar-refractivity contribution in [2.75, 3.05) is 4.72 Å². The van der Waals surface area contributed by atoms with E-state index < -0.39 is 15.9 Å². The molecule has 1 atom stereocenters. The molecule has 0 aromatic heterocycles. The monoisotopic (exact) mass is 412 g/mol. The Morgan fingerprint density at radius 2 is 1.62 bits per heavy atom. The Hall–Kier alpha value is -3.19. The molecule has 1 unspecified atom stereocenters. The lowest BCUT2D eigenvalue weighted by Gasteiger charge is -2.16. The van der Waals surface area contributed by atoms with E-state index in [4.69, 9.17) is 0 Å². The quantitative estimate of drug-likeness (QED) is 0.629. The van der Waals surface area contributed by atoms with Crippen LogP contribution in [0.1, 0.15) is 34.5 Å². The fourth-order valence-corrected chi connectivity index (χ4v) is 4.19. The smallest absolute Gasteiger partial charge is 0.262 e. The number of para-hydroxylation sites is 1. The molecule has 0 spiro atoms. The fraction of sp³-hybridized carbons (Fsp3) is 0.136. The maximum atomic E-state index is 13.1. The van der Waals surface area contributed by atoms with Gasteiger partial charge < -0.3 is 5.32 Å². The molecule has 3 aromatic carbocycles. The molecule has 1 amide bonds. The van der Waals surface area contributed by atoms with Crippen LogP contribution in [0.3, 0.4) is 0 Å². The van der Waals surface area contributed by atoms with Crippen LogP contribution in [0.15, 0.2) is 77.7 Å². The first-order valence-corrected chi connectivity index (χ1v) is 10.5. The number of hydrogen-bond donors (Lipinski definition) is 2. The van der Waals surface area contributed by atoms with Crippen LogP contribution in [0.5, 0.6) is 0 Å². The van der Waals surface area contributed by atoms with Crippen LogP contribution in [-0.2, 0) is 10.0 Å². The maximum absolute atomic E-state index is 13.1. The van der Waals surface area contributed by atoms with Crippen LogP contribution in [0, 0.1) is 12.7 Å². The molecule has 150 valence electrons. The van der Waals surface area contributed by atoms with Gasteiger partial charge in [0.25, 0.3) is 15.9 Å². The highest BCUT2D eigenvalue weighted by molar-refractivity contribution is 7.92. The normalized spacial score (nSPS) is 12.2. The largest absolute Gasteiger partial charge is 0.346 e. The van der Waals surface area contributed by atoms with Gasteiger partial charge in [-0.15, -0.1) is 0 Å². The molecule has 0 heterocycles. The number of nitrogens with one attached hydrogen (secondary N) is 2. The summed E-state index contributed by atoms with van der Waals surface area (Å²) in [5.41, 5.74) is 1.92. The third kappa shape index (κ3) is 5.00. The van der Waals surface area contributed by atoms with Crippen LogP contribution in [0.2, 0.25) is 0 Å². The van der Waals surface area contributed by atoms with E-state index in [2.05, 4.69) is 10.0 Å². The van der Waals surface area contributed by atoms with Crippen LogP contribution >= 0.6 is 0 Å². The molecule has 0 fully saturated rings. The summed E-state index contributed by atoms with van der Waals surface area (Å²) >= 11 is 0. The lowest BCUT2D eigenvalue weighted by molar-refractivity contribution is 0.0939. The van der Waals surface area contributed by atoms with E-state index in [1.165, 1.54) is 18.2 Å². The van der Waals surface area contributed by atoms with Crippen molar-refractivity contribution < 1.29 is 17.6 Å². The molecule has 0 bridgehead atoms. The molecule has 0 saturated heterocycles. The van der Waals surface area contributed by atoms with Gasteiger partial charge in [0.2, 0.25) is 0 Å². The maximum Gasteiger partial charge on any atom is 0.262 e. The van der Waals surface area contributed by atoms with Gasteiger partial charge in [0.15, 0.2) is 0 Å². The van der Waals surface area contributed by atoms with Crippen LogP contribution in [-0.4, -0.2) is 14.3 Å². The topological polar surface area (TPSA) is 75.3 Å². The Labute approximate surface area is 169 Å². The average Bonchev–Trinajstić information content (AvgIpc) is 2.69. The molecule has 0 aliphatic carbocycles. The summed E-state index contributed by atoms with van der Waals surface area (Å²) in [4.78, 5) is 12.7. The van der Waals surface area contributed by atoms with Crippen LogP contribution < -0.4 is 10.0 Å². The molecule has 2 N–H and O–H groups in total. The summed E-state index contributed by atoms with van der Waals surface area (Å²) in [6.45, 7) is 3.44. The summed E-state index contributed by atoms with van der Waals surface area (Å²) in [7, 11) is -3.86. The minimum absolute atomic E-state index is 0.0310. The zero-order valence-corrected chi connectivity index (χ0v) is 16.8. The molecule has 0 aliphatic rings. The number of anilines is 1. The van der Waals surface area contributed by atoms with Crippen molar-refractivity contribution >= 4 is 21.6 Å². The molecule has 3 rings (SSSR count). The van der Waals surface area contributed by atoms with Crippen molar-refractivity contribution in [3.8, 4) is 0 Å². The van der Waals surface area contributed by atoms with Gasteiger partial charge >= 0.3 is 0 Å². The molecule has 7 heteroatoms. The molecule has 5 nitrogen and oxygen atoms in total. The number of benzene rings is 3. The summed E-state index contributed by atoms with van der Waals surface area (Å²) in [6.07, 6.45) is 0. The van der Waals surface area contributed by atoms with Gasteiger partial charge in [0.1, 0.15) is 5.82 Å². The van der Waals surface area contributed by atoms with Crippen molar-refractivity contribution in [1.82, 2.24) is 5.32 Å². The van der Waals surface area contributed by atoms with E-state index >= 15 is 0 Å². The van der Waals surface area contributed by atoms with Gasteiger partial charge in [0, 0.05) is 11.3 Å². The summed E-state index contributed by atoms with van der Waals surface area (Å²) in [5.74, 6) is -0.774. The Morgan fingerprint density at radius 3 is 2.28 bits per heavy atom. The number of hydrogen-bond acceptors (Lipinski definition) is 3. The summed E-state index contributed by atoms with van der Waals surface area (Å²) in [5, 5.41) is 2.80. The van der Waals surface area contributed by atoms with E-state index in [1.807, 2.05) is 0 Å². The standard InChI is InChI=1S/C22H21FN2O3S/c1-15-8-9-18(22(26)24-16(2)17-10-12-19(23)13-11-17)14-21(15)29(27,28)25-20-6-4-3-5-7-20/h3-14,16,25H,1-2H3,(H,24,26). The Bertz CT molecular complexity index is 1110. The van der Waals surface area contributed by atoms with Gasteiger partial charge in [-0.2, -0.15) is 0 Å². The van der Waals surface area contributed by atoms with E-state index in [0.717, 1.165) is 5.56 Å². The lowest BCUT2D eigenvalue weighted by Crippen LogP contribution is -2.27. The number of sulfonamides is 1. The van der Waals surface area contributed by atoms with Crippen molar-refractivity contribution in [3.63, 3.8) is 0 Å². The molecular formula is C22H21FN2O3S. The summed E-state index contributed by atoms with van der Waals surface area (Å²) < 4.78 is 41.2. The average molecular weight is 412 g/mol. The van der Waals surface area contributed by atoms with Gasteiger partial charge in [-0.25, -0.2) is 12.8 Å². The predicted molar refractivity (Wildman–Crippen MR) is 111 cm³/mol. The fourth-order valence-electron chi connectivity index (χ4n) is 2.86. The Kier molecular flexibility index (Phi) is 5.98. The minimum atomic E-state index is -3.86. The lowest BCUT2D eigenvalue weighted by atomic mass is 10.1. The molecular weight excluding hydrogens is 391 g/mol. The first-order chi connectivity index (χ1) is 13.8. The number of carbonyl (C=O) groups excluding carboxylic acids is 1. The van der Waals surface area contributed by atoms with Crippen LogP contribution in [0.25, 0.3) is 0 Å². The second-order valence-corrected chi connectivity index (χ2v) is 8.35. The highest BCUT2D eigenvalue weighted by Gasteiger charge is 2.20. The van der Waals surface area contributed by atoms with Gasteiger partial charge in [-0.05, 0) is 61.4 Å². The van der Waals surface area contributed by atoms with Gasteiger partial charge in [-0.3, -0.25) is 9.52 Å². The predicted octanol–water partition coefficient (Wildman–Crippen LogP) is 4.43. The van der Waals surface area contributed by atoms with E-state index in [9.17, 15) is 17.6 Å². The zero-order chi connectivity index (χ0) is 21.0. The highest BCUT2D eigenvalue weighted by Crippen LogP contribution is 2.21. The van der Waals surface area contributed by atoms with Crippen molar-refractivity contribution in [1.29, 1.82) is 0 Å². The number of amides is 1. The van der Waals surface area contributed by atoms with Crippen LogP contribution in [0.4, 0.5) is 10.1 Å². The Balaban J connectivity index is 1.82. The first-order valence-electron chi connectivity index (χ1n) is 9.01. The van der Waals surface area contributed by atoms with Gasteiger partial charge in [-0.1, -0.05) is 36.4 Å². The molecule has 0 saturated carbocycles. The third-order valence-electron chi connectivity index (χ3n) is 4.48. The molecule has 0 aliphatic heterocycles. The second kappa shape index (κ2) is 8.45. The molecule has 0 radical (unpaired) electrons.